The average molecular weight is 513 g/mol. The lowest BCUT2D eigenvalue weighted by molar-refractivity contribution is -0.135. The van der Waals surface area contributed by atoms with Crippen molar-refractivity contribution < 1.29 is 23.2 Å². The van der Waals surface area contributed by atoms with E-state index in [1.165, 1.54) is 0 Å². The Morgan fingerprint density at radius 2 is 2.11 bits per heavy atom. The highest BCUT2D eigenvalue weighted by Crippen LogP contribution is 2.34. The van der Waals surface area contributed by atoms with Gasteiger partial charge in [0, 0.05) is 38.4 Å². The monoisotopic (exact) mass is 512 g/mol. The molecule has 2 saturated heterocycles. The van der Waals surface area contributed by atoms with Crippen molar-refractivity contribution in [1.82, 2.24) is 30.1 Å². The highest BCUT2D eigenvalue weighted by Gasteiger charge is 2.50. The topological polar surface area (TPSA) is 150 Å². The van der Waals surface area contributed by atoms with Crippen molar-refractivity contribution in [3.63, 3.8) is 0 Å². The molecule has 4 heterocycles. The van der Waals surface area contributed by atoms with E-state index in [0.29, 0.717) is 31.9 Å². The zero-order valence-corrected chi connectivity index (χ0v) is 19.9. The Kier molecular flexibility index (Phi) is 6.36. The van der Waals surface area contributed by atoms with Gasteiger partial charge in [-0.2, -0.15) is 5.26 Å². The molecule has 2 fully saturated rings. The summed E-state index contributed by atoms with van der Waals surface area (Å²) in [4.78, 5) is 41.0. The van der Waals surface area contributed by atoms with Gasteiger partial charge in [-0.15, -0.1) is 5.10 Å². The maximum Gasteiger partial charge on any atom is 0.268 e. The van der Waals surface area contributed by atoms with E-state index in [1.54, 1.807) is 21.8 Å². The lowest BCUT2D eigenvalue weighted by Gasteiger charge is -2.22. The molecule has 0 aliphatic carbocycles. The van der Waals surface area contributed by atoms with Gasteiger partial charge in [-0.05, 0) is 23.1 Å². The van der Waals surface area contributed by atoms with Crippen LogP contribution < -0.4 is 11.1 Å². The summed E-state index contributed by atoms with van der Waals surface area (Å²) in [7, 11) is 0. The molecule has 1 aromatic carbocycles. The number of rotatable bonds is 6. The van der Waals surface area contributed by atoms with Crippen LogP contribution in [0.25, 0.3) is 0 Å². The molecular weight excluding hydrogens is 486 g/mol. The molecule has 3 atom stereocenters. The Bertz CT molecular complexity index is 1290. The van der Waals surface area contributed by atoms with Gasteiger partial charge in [0.1, 0.15) is 12.1 Å². The Morgan fingerprint density at radius 1 is 1.30 bits per heavy atom. The smallest absolute Gasteiger partial charge is 0.268 e. The third kappa shape index (κ3) is 4.89. The third-order valence-electron chi connectivity index (χ3n) is 7.19. The summed E-state index contributed by atoms with van der Waals surface area (Å²) < 4.78 is 29.2. The molecule has 13 heteroatoms. The number of aromatic nitrogens is 3. The van der Waals surface area contributed by atoms with Gasteiger partial charge in [-0.3, -0.25) is 14.4 Å². The Morgan fingerprint density at radius 3 is 2.84 bits per heavy atom. The second-order valence-electron chi connectivity index (χ2n) is 9.79. The molecule has 0 radical (unpaired) electrons. The maximum absolute atomic E-state index is 13.8. The fraction of sp³-hybridized carbons (Fsp3) is 0.500. The lowest BCUT2D eigenvalue weighted by Crippen LogP contribution is -2.46. The minimum atomic E-state index is -3.14. The van der Waals surface area contributed by atoms with Crippen molar-refractivity contribution in [3.8, 4) is 6.07 Å². The first-order valence-corrected chi connectivity index (χ1v) is 12.0. The van der Waals surface area contributed by atoms with Crippen molar-refractivity contribution in [1.29, 1.82) is 5.26 Å². The summed E-state index contributed by atoms with van der Waals surface area (Å²) in [6.45, 7) is 0.700. The molecule has 0 saturated carbocycles. The second kappa shape index (κ2) is 9.51. The van der Waals surface area contributed by atoms with Crippen molar-refractivity contribution in [2.45, 2.75) is 63.4 Å². The molecule has 0 spiro atoms. The molecule has 194 valence electrons. The van der Waals surface area contributed by atoms with Gasteiger partial charge in [0.15, 0.2) is 0 Å². The third-order valence-corrected chi connectivity index (χ3v) is 7.19. The molecule has 11 nitrogen and oxygen atoms in total. The Hall–Kier alpha value is -3.92. The van der Waals surface area contributed by atoms with Crippen LogP contribution in [0.4, 0.5) is 8.78 Å². The molecule has 3 aliphatic heterocycles. The molecule has 1 aromatic heterocycles. The van der Waals surface area contributed by atoms with E-state index < -0.39 is 48.7 Å². The summed E-state index contributed by atoms with van der Waals surface area (Å²) in [6, 6.07) is 5.30. The maximum atomic E-state index is 13.8. The highest BCUT2D eigenvalue weighted by molar-refractivity contribution is 5.94. The van der Waals surface area contributed by atoms with E-state index in [4.69, 9.17) is 11.0 Å². The fourth-order valence-corrected chi connectivity index (χ4v) is 5.28. The van der Waals surface area contributed by atoms with Crippen LogP contribution in [0.3, 0.4) is 0 Å². The van der Waals surface area contributed by atoms with Crippen molar-refractivity contribution in [2.75, 3.05) is 6.54 Å². The Balaban J connectivity index is 1.21. The van der Waals surface area contributed by atoms with Gasteiger partial charge in [-0.25, -0.2) is 13.5 Å². The number of nitrogens with two attached hydrogens (primary N) is 1. The number of hydrogen-bond donors (Lipinski definition) is 2. The number of benzene rings is 1. The average Bonchev–Trinajstić information content (AvgIpc) is 3.64. The number of alkyl halides is 2. The van der Waals surface area contributed by atoms with Crippen molar-refractivity contribution >= 4 is 17.7 Å². The molecule has 3 N–H and O–H groups in total. The zero-order chi connectivity index (χ0) is 26.3. The summed E-state index contributed by atoms with van der Waals surface area (Å²) >= 11 is 0. The number of nitriles is 1. The zero-order valence-electron chi connectivity index (χ0n) is 19.9. The summed E-state index contributed by atoms with van der Waals surface area (Å²) in [5.41, 5.74) is 9.30. The molecule has 3 aliphatic rings. The van der Waals surface area contributed by atoms with Gasteiger partial charge in [0.05, 0.1) is 31.0 Å². The van der Waals surface area contributed by atoms with Crippen molar-refractivity contribution in [3.05, 3.63) is 46.8 Å². The minimum absolute atomic E-state index is 0.0193. The van der Waals surface area contributed by atoms with Gasteiger partial charge in [0.25, 0.3) is 5.92 Å². The number of likely N-dealkylation sites (tertiary alicyclic amines) is 1. The SMILES string of the molecule is N#C[C@@H]1CC(F)(F)CN1C(=O)C1C[C@@H](CC(=O)N2Cc3cccc(Cn4cc(CN)nn4)c3C2)C(=O)N1. The van der Waals surface area contributed by atoms with Crippen LogP contribution in [0.2, 0.25) is 0 Å². The van der Waals surface area contributed by atoms with Crippen LogP contribution in [-0.2, 0) is 40.6 Å². The van der Waals surface area contributed by atoms with Crippen LogP contribution in [0.15, 0.2) is 24.4 Å². The fourth-order valence-electron chi connectivity index (χ4n) is 5.28. The largest absolute Gasteiger partial charge is 0.344 e. The number of halogens is 2. The predicted octanol–water partition coefficient (Wildman–Crippen LogP) is 0.282. The number of fused-ring (bicyclic) bond motifs is 1. The van der Waals surface area contributed by atoms with E-state index in [-0.39, 0.29) is 18.7 Å². The Labute approximate surface area is 211 Å². The van der Waals surface area contributed by atoms with Gasteiger partial charge in [-0.1, -0.05) is 23.4 Å². The van der Waals surface area contributed by atoms with Crippen LogP contribution >= 0.6 is 0 Å². The van der Waals surface area contributed by atoms with Crippen LogP contribution in [0.5, 0.6) is 0 Å². The molecule has 37 heavy (non-hydrogen) atoms. The van der Waals surface area contributed by atoms with Crippen LogP contribution in [-0.4, -0.2) is 67.1 Å². The van der Waals surface area contributed by atoms with Gasteiger partial charge in [0.2, 0.25) is 17.7 Å². The number of amides is 3. The van der Waals surface area contributed by atoms with E-state index in [2.05, 4.69) is 15.6 Å². The molecule has 5 rings (SSSR count). The van der Waals surface area contributed by atoms with E-state index in [1.807, 2.05) is 18.2 Å². The first kappa shape index (κ1) is 24.8. The van der Waals surface area contributed by atoms with Gasteiger partial charge < -0.3 is 20.9 Å². The summed E-state index contributed by atoms with van der Waals surface area (Å²) in [6.07, 6.45) is 0.974. The van der Waals surface area contributed by atoms with E-state index >= 15 is 0 Å². The quantitative estimate of drug-likeness (QED) is 0.564. The first-order valence-electron chi connectivity index (χ1n) is 12.0. The first-order chi connectivity index (χ1) is 17.7. The highest BCUT2D eigenvalue weighted by atomic mass is 19.3. The number of nitrogens with zero attached hydrogens (tertiary/aromatic N) is 6. The number of carbonyl (C=O) groups excluding carboxylic acids is 3. The number of hydrogen-bond acceptors (Lipinski definition) is 7. The van der Waals surface area contributed by atoms with E-state index in [0.717, 1.165) is 21.6 Å². The molecule has 1 unspecified atom stereocenters. The van der Waals surface area contributed by atoms with E-state index in [9.17, 15) is 23.2 Å². The molecule has 3 amide bonds. The molecular formula is C24H26F2N8O3. The molecule has 2 aromatic rings. The van der Waals surface area contributed by atoms with Crippen LogP contribution in [0.1, 0.15) is 41.6 Å². The normalized spacial score (nSPS) is 24.2. The summed E-state index contributed by atoms with van der Waals surface area (Å²) in [5.74, 6) is -5.30. The van der Waals surface area contributed by atoms with Gasteiger partial charge >= 0.3 is 0 Å². The lowest BCUT2D eigenvalue weighted by atomic mass is 9.99. The number of nitrogens with one attached hydrogen (secondary N) is 1. The molecule has 0 bridgehead atoms. The predicted molar refractivity (Wildman–Crippen MR) is 123 cm³/mol. The summed E-state index contributed by atoms with van der Waals surface area (Å²) in [5, 5.41) is 19.8. The second-order valence-corrected chi connectivity index (χ2v) is 9.79. The van der Waals surface area contributed by atoms with Crippen molar-refractivity contribution in [2.24, 2.45) is 11.7 Å². The standard InChI is InChI=1S/C24H26F2N8O3/c25-24(26)6-18(8-28)34(13-24)23(37)20-4-16(22(36)29-20)5-21(35)32-9-14-2-1-3-15(19(14)12-32)10-33-11-17(7-27)30-31-33/h1-3,11,16,18,20H,4-7,9-10,12-13,27H2,(H,29,36)/t16-,18-,20?/m0/s1. The minimum Gasteiger partial charge on any atom is -0.344 e. The van der Waals surface area contributed by atoms with Crippen LogP contribution in [0, 0.1) is 17.2 Å². The number of carbonyl (C=O) groups is 3.